The van der Waals surface area contributed by atoms with Gasteiger partial charge < -0.3 is 14.1 Å². The molecule has 2 atom stereocenters. The molecule has 2 unspecified atom stereocenters. The van der Waals surface area contributed by atoms with Crippen molar-refractivity contribution in [2.24, 2.45) is 0 Å². The van der Waals surface area contributed by atoms with Gasteiger partial charge in [-0.15, -0.1) is 0 Å². The molecule has 1 aliphatic rings. The van der Waals surface area contributed by atoms with Gasteiger partial charge >= 0.3 is 0 Å². The summed E-state index contributed by atoms with van der Waals surface area (Å²) in [6.07, 6.45) is 4.32. The van der Waals surface area contributed by atoms with Crippen molar-refractivity contribution in [3.63, 3.8) is 0 Å². The number of benzene rings is 2. The van der Waals surface area contributed by atoms with Gasteiger partial charge in [0.1, 0.15) is 17.8 Å². The van der Waals surface area contributed by atoms with Gasteiger partial charge in [-0.05, 0) is 17.7 Å². The maximum absolute atomic E-state index is 12.1. The second kappa shape index (κ2) is 7.88. The van der Waals surface area contributed by atoms with Gasteiger partial charge in [-0.2, -0.15) is 0 Å². The molecule has 0 radical (unpaired) electrons. The Morgan fingerprint density at radius 2 is 1.82 bits per heavy atom. The number of fused-ring (bicyclic) bond motifs is 1. The molecule has 1 N–H and O–H groups in total. The van der Waals surface area contributed by atoms with Crippen molar-refractivity contribution >= 4 is 28.7 Å². The first-order valence-electron chi connectivity index (χ1n) is 8.71. The molecule has 4 rings (SSSR count). The summed E-state index contributed by atoms with van der Waals surface area (Å²) in [7, 11) is 0. The molecule has 0 saturated carbocycles. The number of aromatic nitrogens is 1. The van der Waals surface area contributed by atoms with Gasteiger partial charge in [0.25, 0.3) is 0 Å². The molecular formula is C22H17NO4S. The molecule has 1 aromatic heterocycles. The number of allylic oxidation sites excluding steroid dienone is 1. The molecular weight excluding hydrogens is 374 g/mol. The fraction of sp³-hybridized carbons (Fsp3) is 0.0909. The van der Waals surface area contributed by atoms with E-state index in [1.807, 2.05) is 48.5 Å². The number of aldehydes is 1. The van der Waals surface area contributed by atoms with Crippen LogP contribution in [0.5, 0.6) is 5.75 Å². The minimum absolute atomic E-state index is 0.0649. The van der Waals surface area contributed by atoms with Crippen LogP contribution in [0, 0.1) is 0 Å². The van der Waals surface area contributed by atoms with Crippen molar-refractivity contribution in [2.45, 2.75) is 11.7 Å². The third-order valence-electron chi connectivity index (χ3n) is 4.64. The van der Waals surface area contributed by atoms with E-state index < -0.39 is 17.0 Å². The number of hydrogen-bond acceptors (Lipinski definition) is 4. The molecule has 1 aliphatic heterocycles. The highest BCUT2D eigenvalue weighted by Gasteiger charge is 2.31. The second-order valence-corrected chi connectivity index (χ2v) is 7.33. The molecule has 6 heteroatoms. The lowest BCUT2D eigenvalue weighted by Crippen LogP contribution is -2.15. The van der Waals surface area contributed by atoms with Crippen molar-refractivity contribution in [2.75, 3.05) is 0 Å². The van der Waals surface area contributed by atoms with Gasteiger partial charge in [0.05, 0.1) is 11.7 Å². The Kier molecular flexibility index (Phi) is 5.14. The summed E-state index contributed by atoms with van der Waals surface area (Å²) in [5.74, 6) is 0.812. The number of carbonyl (C=O) groups excluding carboxylic acids is 1. The fourth-order valence-electron chi connectivity index (χ4n) is 3.38. The van der Waals surface area contributed by atoms with E-state index in [2.05, 4.69) is 4.98 Å². The first-order valence-corrected chi connectivity index (χ1v) is 9.98. The van der Waals surface area contributed by atoms with Crippen LogP contribution < -0.4 is 4.74 Å². The molecule has 0 fully saturated rings. The third kappa shape index (κ3) is 3.52. The van der Waals surface area contributed by atoms with Crippen LogP contribution in [0.25, 0.3) is 11.3 Å². The Balaban J connectivity index is 1.88. The van der Waals surface area contributed by atoms with Crippen LogP contribution >= 0.6 is 0 Å². The largest absolute Gasteiger partial charge is 0.456 e. The van der Waals surface area contributed by atoms with Crippen LogP contribution in [0.2, 0.25) is 0 Å². The maximum Gasteiger partial charge on any atom is 0.157 e. The normalized spacial score (nSPS) is 16.8. The quantitative estimate of drug-likeness (QED) is 0.525. The lowest BCUT2D eigenvalue weighted by atomic mass is 9.84. The molecule has 0 aliphatic carbocycles. The minimum atomic E-state index is -1.90. The summed E-state index contributed by atoms with van der Waals surface area (Å²) in [4.78, 5) is 16.3. The number of pyridine rings is 1. The zero-order chi connectivity index (χ0) is 19.5. The second-order valence-electron chi connectivity index (χ2n) is 6.40. The summed E-state index contributed by atoms with van der Waals surface area (Å²) in [5.41, 5.74) is 3.90. The van der Waals surface area contributed by atoms with Crippen LogP contribution in [0.4, 0.5) is 0 Å². The molecule has 28 heavy (non-hydrogen) atoms. The first kappa shape index (κ1) is 18.3. The van der Waals surface area contributed by atoms with E-state index >= 15 is 0 Å². The summed E-state index contributed by atoms with van der Waals surface area (Å²) in [5, 5.41) is 0. The topological polar surface area (TPSA) is 76.5 Å². The molecule has 0 bridgehead atoms. The van der Waals surface area contributed by atoms with Gasteiger partial charge in [-0.1, -0.05) is 48.5 Å². The zero-order valence-corrected chi connectivity index (χ0v) is 15.6. The van der Waals surface area contributed by atoms with E-state index in [0.29, 0.717) is 11.5 Å². The minimum Gasteiger partial charge on any atom is -0.456 e. The van der Waals surface area contributed by atoms with Crippen molar-refractivity contribution < 1.29 is 18.3 Å². The van der Waals surface area contributed by atoms with Crippen LogP contribution in [0.1, 0.15) is 28.2 Å². The third-order valence-corrected chi connectivity index (χ3v) is 5.22. The Bertz CT molecular complexity index is 1060. The van der Waals surface area contributed by atoms with E-state index in [-0.39, 0.29) is 5.75 Å². The van der Waals surface area contributed by atoms with Gasteiger partial charge in [0.15, 0.2) is 11.1 Å². The highest BCUT2D eigenvalue weighted by atomic mass is 32.2. The predicted octanol–water partition coefficient (Wildman–Crippen LogP) is 4.05. The van der Waals surface area contributed by atoms with Gasteiger partial charge in [0.2, 0.25) is 0 Å². The molecule has 0 saturated heterocycles. The lowest BCUT2D eigenvalue weighted by molar-refractivity contribution is -0.108. The highest BCUT2D eigenvalue weighted by molar-refractivity contribution is 7.78. The van der Waals surface area contributed by atoms with Crippen molar-refractivity contribution in [1.82, 2.24) is 4.98 Å². The molecule has 140 valence electrons. The summed E-state index contributed by atoms with van der Waals surface area (Å²) in [6.45, 7) is 0. The SMILES string of the molecule is O=CC1C(c2cccnc2)=C(c2ccc(CS(=O)O)cc2)Oc2ccccc21. The first-order chi connectivity index (χ1) is 13.7. The van der Waals surface area contributed by atoms with Gasteiger partial charge in [0, 0.05) is 34.7 Å². The summed E-state index contributed by atoms with van der Waals surface area (Å²) >= 11 is -1.90. The number of hydrogen-bond donors (Lipinski definition) is 1. The lowest BCUT2D eigenvalue weighted by Gasteiger charge is -2.28. The Morgan fingerprint density at radius 1 is 1.04 bits per heavy atom. The van der Waals surface area contributed by atoms with E-state index in [4.69, 9.17) is 9.29 Å². The van der Waals surface area contributed by atoms with Crippen molar-refractivity contribution in [1.29, 1.82) is 0 Å². The van der Waals surface area contributed by atoms with E-state index in [0.717, 1.165) is 34.1 Å². The average molecular weight is 391 g/mol. The number of para-hydroxylation sites is 1. The Hall–Kier alpha value is -3.09. The van der Waals surface area contributed by atoms with Crippen LogP contribution in [0.3, 0.4) is 0 Å². The average Bonchev–Trinajstić information content (AvgIpc) is 2.73. The molecule has 0 amide bonds. The molecule has 5 nitrogen and oxygen atoms in total. The number of nitrogens with zero attached hydrogens (tertiary/aromatic N) is 1. The van der Waals surface area contributed by atoms with Crippen LogP contribution in [-0.2, 0) is 21.6 Å². The number of rotatable bonds is 5. The number of carbonyl (C=O) groups is 1. The molecule has 2 aromatic carbocycles. The van der Waals surface area contributed by atoms with E-state index in [9.17, 15) is 9.00 Å². The van der Waals surface area contributed by atoms with E-state index in [1.165, 1.54) is 0 Å². The number of ether oxygens (including phenoxy) is 1. The van der Waals surface area contributed by atoms with Crippen molar-refractivity contribution in [3.8, 4) is 5.75 Å². The standard InChI is InChI=1S/C22H17NO4S/c24-13-19-18-5-1-2-6-20(18)27-22(21(19)17-4-3-11-23-12-17)16-9-7-15(8-10-16)14-28(25)26/h1-13,19H,14H2,(H,25,26). The smallest absolute Gasteiger partial charge is 0.157 e. The Labute approximate surface area is 165 Å². The molecule has 0 spiro atoms. The fourth-order valence-corrected chi connectivity index (χ4v) is 3.85. The predicted molar refractivity (Wildman–Crippen MR) is 108 cm³/mol. The highest BCUT2D eigenvalue weighted by Crippen LogP contribution is 2.45. The van der Waals surface area contributed by atoms with Gasteiger partial charge in [-0.25, -0.2) is 4.21 Å². The van der Waals surface area contributed by atoms with Crippen molar-refractivity contribution in [3.05, 3.63) is 95.3 Å². The van der Waals surface area contributed by atoms with Crippen LogP contribution in [0.15, 0.2) is 73.1 Å². The molecule has 3 aromatic rings. The molecule has 2 heterocycles. The zero-order valence-electron chi connectivity index (χ0n) is 14.8. The Morgan fingerprint density at radius 3 is 2.50 bits per heavy atom. The summed E-state index contributed by atoms with van der Waals surface area (Å²) in [6, 6.07) is 18.5. The monoisotopic (exact) mass is 391 g/mol. The van der Waals surface area contributed by atoms with Gasteiger partial charge in [-0.3, -0.25) is 4.98 Å². The summed E-state index contributed by atoms with van der Waals surface area (Å²) < 4.78 is 26.3. The maximum atomic E-state index is 12.1. The van der Waals surface area contributed by atoms with Crippen LogP contribution in [-0.4, -0.2) is 20.0 Å². The van der Waals surface area contributed by atoms with E-state index in [1.54, 1.807) is 24.5 Å².